The van der Waals surface area contributed by atoms with Gasteiger partial charge in [-0.2, -0.15) is 17.0 Å². The van der Waals surface area contributed by atoms with Crippen LogP contribution in [0.25, 0.3) is 0 Å². The summed E-state index contributed by atoms with van der Waals surface area (Å²) in [6, 6.07) is 6.56. The second-order valence-corrected chi connectivity index (χ2v) is 6.06. The highest BCUT2D eigenvalue weighted by Gasteiger charge is 2.25. The summed E-state index contributed by atoms with van der Waals surface area (Å²) < 4.78 is 18.1. The van der Waals surface area contributed by atoms with Crippen LogP contribution in [-0.4, -0.2) is 42.1 Å². The molecule has 1 fully saturated rings. The molecule has 0 aromatic heterocycles. The average molecular weight is 308 g/mol. The maximum atomic E-state index is 13.3. The summed E-state index contributed by atoms with van der Waals surface area (Å²) in [4.78, 5) is 13.7. The lowest BCUT2D eigenvalue weighted by atomic mass is 10.1. The standard InChI is InChI=1S/C15H17FN2O2S/c1-20-15(19)7-13-10-21-5-4-18(13)9-11-2-3-14(16)12(6-11)8-17/h2-3,6,13H,4-5,7,9-10H2,1H3. The highest BCUT2D eigenvalue weighted by Crippen LogP contribution is 2.22. The third-order valence-electron chi connectivity index (χ3n) is 3.52. The summed E-state index contributed by atoms with van der Waals surface area (Å²) >= 11 is 1.82. The van der Waals surface area contributed by atoms with E-state index in [-0.39, 0.29) is 17.6 Å². The van der Waals surface area contributed by atoms with Gasteiger partial charge in [0, 0.05) is 30.6 Å². The fourth-order valence-electron chi connectivity index (χ4n) is 2.35. The first-order valence-corrected chi connectivity index (χ1v) is 7.86. The van der Waals surface area contributed by atoms with Gasteiger partial charge in [-0.15, -0.1) is 0 Å². The van der Waals surface area contributed by atoms with Gasteiger partial charge in [0.05, 0.1) is 19.1 Å². The largest absolute Gasteiger partial charge is 0.469 e. The molecular weight excluding hydrogens is 291 g/mol. The number of carbonyl (C=O) groups is 1. The van der Waals surface area contributed by atoms with Gasteiger partial charge >= 0.3 is 5.97 Å². The van der Waals surface area contributed by atoms with Crippen molar-refractivity contribution in [1.29, 1.82) is 5.26 Å². The fourth-order valence-corrected chi connectivity index (χ4v) is 3.48. The second-order valence-electron chi connectivity index (χ2n) is 4.91. The van der Waals surface area contributed by atoms with Gasteiger partial charge < -0.3 is 4.74 Å². The predicted molar refractivity (Wildman–Crippen MR) is 79.3 cm³/mol. The first-order chi connectivity index (χ1) is 10.1. The van der Waals surface area contributed by atoms with E-state index >= 15 is 0 Å². The Morgan fingerprint density at radius 3 is 3.14 bits per heavy atom. The van der Waals surface area contributed by atoms with E-state index in [1.807, 2.05) is 17.8 Å². The molecule has 0 aliphatic carbocycles. The molecule has 6 heteroatoms. The number of methoxy groups -OCH3 is 1. The van der Waals surface area contributed by atoms with Crippen LogP contribution in [0.4, 0.5) is 4.39 Å². The Hall–Kier alpha value is -1.58. The molecule has 1 aromatic carbocycles. The predicted octanol–water partition coefficient (Wildman–Crippen LogP) is 2.18. The molecule has 0 spiro atoms. The first-order valence-electron chi connectivity index (χ1n) is 6.71. The van der Waals surface area contributed by atoms with Gasteiger partial charge in [0.1, 0.15) is 11.9 Å². The van der Waals surface area contributed by atoms with E-state index in [2.05, 4.69) is 4.90 Å². The molecule has 1 saturated heterocycles. The molecule has 1 heterocycles. The number of nitrogens with zero attached hydrogens (tertiary/aromatic N) is 2. The summed E-state index contributed by atoms with van der Waals surface area (Å²) in [7, 11) is 1.39. The molecule has 112 valence electrons. The summed E-state index contributed by atoms with van der Waals surface area (Å²) in [6.07, 6.45) is 0.357. The molecule has 4 nitrogen and oxygen atoms in total. The topological polar surface area (TPSA) is 53.3 Å². The molecule has 2 rings (SSSR count). The quantitative estimate of drug-likeness (QED) is 0.798. The Labute approximate surface area is 127 Å². The molecule has 0 bridgehead atoms. The Kier molecular flexibility index (Phi) is 5.59. The highest BCUT2D eigenvalue weighted by molar-refractivity contribution is 7.99. The number of halogens is 1. The highest BCUT2D eigenvalue weighted by atomic mass is 32.2. The minimum atomic E-state index is -0.499. The maximum absolute atomic E-state index is 13.3. The Bertz CT molecular complexity index is 559. The van der Waals surface area contributed by atoms with Crippen LogP contribution in [0.1, 0.15) is 17.5 Å². The van der Waals surface area contributed by atoms with E-state index in [9.17, 15) is 9.18 Å². The number of nitriles is 1. The minimum absolute atomic E-state index is 0.0587. The summed E-state index contributed by atoms with van der Waals surface area (Å²) in [5, 5.41) is 8.88. The number of ether oxygens (including phenoxy) is 1. The number of carbonyl (C=O) groups excluding carboxylic acids is 1. The molecule has 21 heavy (non-hydrogen) atoms. The monoisotopic (exact) mass is 308 g/mol. The minimum Gasteiger partial charge on any atom is -0.469 e. The average Bonchev–Trinajstić information content (AvgIpc) is 2.51. The number of thioether (sulfide) groups is 1. The molecule has 0 amide bonds. The van der Waals surface area contributed by atoms with Crippen molar-refractivity contribution >= 4 is 17.7 Å². The van der Waals surface area contributed by atoms with E-state index in [0.29, 0.717) is 13.0 Å². The molecule has 1 unspecified atom stereocenters. The fraction of sp³-hybridized carbons (Fsp3) is 0.467. The van der Waals surface area contributed by atoms with Gasteiger partial charge in [-0.3, -0.25) is 9.69 Å². The Morgan fingerprint density at radius 2 is 2.43 bits per heavy atom. The molecule has 0 saturated carbocycles. The molecule has 1 aromatic rings. The van der Waals surface area contributed by atoms with Crippen molar-refractivity contribution in [2.75, 3.05) is 25.2 Å². The van der Waals surface area contributed by atoms with Gasteiger partial charge in [-0.25, -0.2) is 4.39 Å². The van der Waals surface area contributed by atoms with Crippen LogP contribution >= 0.6 is 11.8 Å². The zero-order valence-corrected chi connectivity index (χ0v) is 12.7. The second kappa shape index (κ2) is 7.43. The van der Waals surface area contributed by atoms with Crippen LogP contribution in [0.5, 0.6) is 0 Å². The first kappa shape index (κ1) is 15.8. The van der Waals surface area contributed by atoms with Crippen LogP contribution in [0.2, 0.25) is 0 Å². The van der Waals surface area contributed by atoms with Crippen LogP contribution in [0, 0.1) is 17.1 Å². The van der Waals surface area contributed by atoms with Crippen molar-refractivity contribution in [3.8, 4) is 6.07 Å². The van der Waals surface area contributed by atoms with Gasteiger partial charge in [-0.05, 0) is 17.7 Å². The number of esters is 1. The van der Waals surface area contributed by atoms with Gasteiger partial charge in [-0.1, -0.05) is 6.07 Å². The molecular formula is C15H17FN2O2S. The summed E-state index contributed by atoms with van der Waals surface area (Å²) in [5.41, 5.74) is 0.943. The van der Waals surface area contributed by atoms with Crippen molar-refractivity contribution < 1.29 is 13.9 Å². The molecule has 1 aliphatic heterocycles. The lowest BCUT2D eigenvalue weighted by Gasteiger charge is -2.34. The molecule has 0 N–H and O–H groups in total. The van der Waals surface area contributed by atoms with Crippen molar-refractivity contribution in [3.05, 3.63) is 35.1 Å². The van der Waals surface area contributed by atoms with Crippen LogP contribution in [-0.2, 0) is 16.1 Å². The van der Waals surface area contributed by atoms with E-state index in [1.54, 1.807) is 12.1 Å². The smallest absolute Gasteiger partial charge is 0.307 e. The molecule has 1 aliphatic rings. The third kappa shape index (κ3) is 4.19. The van der Waals surface area contributed by atoms with Crippen LogP contribution in [0.15, 0.2) is 18.2 Å². The lowest BCUT2D eigenvalue weighted by molar-refractivity contribution is -0.141. The van der Waals surface area contributed by atoms with Crippen LogP contribution in [0.3, 0.4) is 0 Å². The van der Waals surface area contributed by atoms with Gasteiger partial charge in [0.2, 0.25) is 0 Å². The number of benzene rings is 1. The number of hydrogen-bond donors (Lipinski definition) is 0. The van der Waals surface area contributed by atoms with E-state index in [4.69, 9.17) is 10.00 Å². The van der Waals surface area contributed by atoms with Crippen molar-refractivity contribution in [1.82, 2.24) is 4.90 Å². The zero-order chi connectivity index (χ0) is 15.2. The van der Waals surface area contributed by atoms with E-state index in [0.717, 1.165) is 23.6 Å². The maximum Gasteiger partial charge on any atom is 0.307 e. The van der Waals surface area contributed by atoms with Crippen molar-refractivity contribution in [2.45, 2.75) is 19.0 Å². The number of hydrogen-bond acceptors (Lipinski definition) is 5. The summed E-state index contributed by atoms with van der Waals surface area (Å²) in [6.45, 7) is 1.47. The SMILES string of the molecule is COC(=O)CC1CSCCN1Cc1ccc(F)c(C#N)c1. The van der Waals surface area contributed by atoms with E-state index < -0.39 is 5.82 Å². The van der Waals surface area contributed by atoms with Gasteiger partial charge in [0.15, 0.2) is 0 Å². The van der Waals surface area contributed by atoms with Gasteiger partial charge in [0.25, 0.3) is 0 Å². The lowest BCUT2D eigenvalue weighted by Crippen LogP contribution is -2.43. The van der Waals surface area contributed by atoms with Crippen molar-refractivity contribution in [3.63, 3.8) is 0 Å². The van der Waals surface area contributed by atoms with Crippen molar-refractivity contribution in [2.24, 2.45) is 0 Å². The van der Waals surface area contributed by atoms with E-state index in [1.165, 1.54) is 13.2 Å². The van der Waals surface area contributed by atoms with Crippen LogP contribution < -0.4 is 0 Å². The molecule has 0 radical (unpaired) electrons. The Morgan fingerprint density at radius 1 is 1.62 bits per heavy atom. The molecule has 1 atom stereocenters. The summed E-state index contributed by atoms with van der Waals surface area (Å²) in [5.74, 6) is 1.16. The zero-order valence-electron chi connectivity index (χ0n) is 11.8. The number of rotatable bonds is 4. The normalized spacial score (nSPS) is 19.0. The Balaban J connectivity index is 2.08. The third-order valence-corrected chi connectivity index (χ3v) is 4.61.